The topological polar surface area (TPSA) is 94.2 Å². The number of carbonyl (C=O) groups is 1. The second kappa shape index (κ2) is 10.2. The van der Waals surface area contributed by atoms with E-state index in [2.05, 4.69) is 5.32 Å². The summed E-state index contributed by atoms with van der Waals surface area (Å²) in [5.74, 6) is 1.07. The highest BCUT2D eigenvalue weighted by molar-refractivity contribution is 7.92. The minimum Gasteiger partial charge on any atom is -0.497 e. The molecule has 2 aromatic rings. The molecule has 0 heterocycles. The number of hydrogen-bond donors (Lipinski definition) is 1. The molecule has 1 atom stereocenters. The van der Waals surface area contributed by atoms with Gasteiger partial charge >= 0.3 is 0 Å². The summed E-state index contributed by atoms with van der Waals surface area (Å²) >= 11 is 0. The minimum atomic E-state index is -3.74. The first-order valence-electron chi connectivity index (χ1n) is 9.33. The number of nitrogens with one attached hydrogen (secondary N) is 1. The average Bonchev–Trinajstić information content (AvgIpc) is 2.70. The normalized spacial score (nSPS) is 12.0. The van der Waals surface area contributed by atoms with E-state index in [1.54, 1.807) is 19.1 Å². The fraction of sp³-hybridized carbons (Fsp3) is 0.381. The molecule has 0 aliphatic heterocycles. The number of amides is 1. The van der Waals surface area contributed by atoms with Crippen molar-refractivity contribution in [2.75, 3.05) is 37.9 Å². The van der Waals surface area contributed by atoms with Crippen LogP contribution in [0.15, 0.2) is 42.5 Å². The molecule has 9 heteroatoms. The highest BCUT2D eigenvalue weighted by atomic mass is 32.2. The molecule has 1 N–H and O–H groups in total. The monoisotopic (exact) mass is 436 g/mol. The average molecular weight is 437 g/mol. The molecule has 0 radical (unpaired) electrons. The van der Waals surface area contributed by atoms with Crippen LogP contribution in [0.4, 0.5) is 5.69 Å². The molecule has 0 unspecified atom stereocenters. The molecule has 0 aliphatic carbocycles. The Morgan fingerprint density at radius 1 is 1.10 bits per heavy atom. The van der Waals surface area contributed by atoms with Gasteiger partial charge in [0.25, 0.3) is 0 Å². The molecular formula is C21H28N2O6S. The van der Waals surface area contributed by atoms with Crippen LogP contribution >= 0.6 is 0 Å². The summed E-state index contributed by atoms with van der Waals surface area (Å²) in [6.45, 7) is 3.58. The predicted octanol–water partition coefficient (Wildman–Crippen LogP) is 2.36. The van der Waals surface area contributed by atoms with Crippen molar-refractivity contribution in [1.82, 2.24) is 5.32 Å². The van der Waals surface area contributed by atoms with E-state index in [9.17, 15) is 13.2 Å². The van der Waals surface area contributed by atoms with Crippen molar-refractivity contribution in [2.24, 2.45) is 0 Å². The molecule has 0 saturated carbocycles. The Kier molecular flexibility index (Phi) is 7.93. The third kappa shape index (κ3) is 6.28. The molecule has 0 fully saturated rings. The number of methoxy groups -OCH3 is 2. The Hall–Kier alpha value is -2.94. The maximum absolute atomic E-state index is 12.5. The van der Waals surface area contributed by atoms with E-state index in [-0.39, 0.29) is 24.1 Å². The molecule has 30 heavy (non-hydrogen) atoms. The van der Waals surface area contributed by atoms with Crippen LogP contribution in [-0.4, -0.2) is 54.0 Å². The van der Waals surface area contributed by atoms with Gasteiger partial charge in [0.1, 0.15) is 30.4 Å². The summed E-state index contributed by atoms with van der Waals surface area (Å²) in [4.78, 5) is 12.5. The fourth-order valence-electron chi connectivity index (χ4n) is 2.80. The summed E-state index contributed by atoms with van der Waals surface area (Å²) in [6.07, 6.45) is 1.04. The van der Waals surface area contributed by atoms with Crippen LogP contribution in [0.25, 0.3) is 0 Å². The first kappa shape index (κ1) is 23.3. The molecule has 164 valence electrons. The zero-order valence-electron chi connectivity index (χ0n) is 17.8. The standard InChI is InChI=1S/C21H28N2O6S/c1-15-8-6-7-9-19(15)29-14-16(2)22-21(24)13-23(30(5,25)26)18-11-10-17(27-3)12-20(18)28-4/h6-12,16H,13-14H2,1-5H3,(H,22,24)/t16-/m0/s1. The van der Waals surface area contributed by atoms with Gasteiger partial charge in [-0.15, -0.1) is 0 Å². The Morgan fingerprint density at radius 2 is 1.80 bits per heavy atom. The summed E-state index contributed by atoms with van der Waals surface area (Å²) in [5, 5.41) is 2.77. The lowest BCUT2D eigenvalue weighted by atomic mass is 10.2. The second-order valence-electron chi connectivity index (χ2n) is 6.85. The van der Waals surface area contributed by atoms with Gasteiger partial charge < -0.3 is 19.5 Å². The van der Waals surface area contributed by atoms with Crippen LogP contribution in [0.2, 0.25) is 0 Å². The summed E-state index contributed by atoms with van der Waals surface area (Å²) < 4.78 is 41.9. The van der Waals surface area contributed by atoms with Gasteiger partial charge in [-0.05, 0) is 37.6 Å². The molecule has 0 aliphatic rings. The number of sulfonamides is 1. The van der Waals surface area contributed by atoms with E-state index in [0.29, 0.717) is 5.75 Å². The third-order valence-electron chi connectivity index (χ3n) is 4.33. The Balaban J connectivity index is 2.08. The molecular weight excluding hydrogens is 408 g/mol. The first-order chi connectivity index (χ1) is 14.2. The molecule has 1 amide bonds. The van der Waals surface area contributed by atoms with Gasteiger partial charge in [-0.1, -0.05) is 18.2 Å². The highest BCUT2D eigenvalue weighted by Gasteiger charge is 2.25. The van der Waals surface area contributed by atoms with Gasteiger partial charge in [0.2, 0.25) is 15.9 Å². The molecule has 2 rings (SSSR count). The van der Waals surface area contributed by atoms with Crippen molar-refractivity contribution < 1.29 is 27.4 Å². The molecule has 0 aromatic heterocycles. The quantitative estimate of drug-likeness (QED) is 0.615. The van der Waals surface area contributed by atoms with Crippen LogP contribution in [0.1, 0.15) is 12.5 Å². The first-order valence-corrected chi connectivity index (χ1v) is 11.2. The smallest absolute Gasteiger partial charge is 0.241 e. The Bertz CT molecular complexity index is 977. The maximum Gasteiger partial charge on any atom is 0.241 e. The van der Waals surface area contributed by atoms with Crippen molar-refractivity contribution in [1.29, 1.82) is 0 Å². The molecule has 0 bridgehead atoms. The van der Waals surface area contributed by atoms with E-state index < -0.39 is 22.5 Å². The van der Waals surface area contributed by atoms with Crippen molar-refractivity contribution in [3.8, 4) is 17.2 Å². The summed E-state index contributed by atoms with van der Waals surface area (Å²) in [5.41, 5.74) is 1.24. The van der Waals surface area contributed by atoms with Crippen molar-refractivity contribution in [3.63, 3.8) is 0 Å². The highest BCUT2D eigenvalue weighted by Crippen LogP contribution is 2.33. The van der Waals surface area contributed by atoms with E-state index in [1.807, 2.05) is 31.2 Å². The van der Waals surface area contributed by atoms with Gasteiger partial charge in [-0.3, -0.25) is 9.10 Å². The largest absolute Gasteiger partial charge is 0.497 e. The fourth-order valence-corrected chi connectivity index (χ4v) is 3.66. The van der Waals surface area contributed by atoms with E-state index in [4.69, 9.17) is 14.2 Å². The SMILES string of the molecule is COc1ccc(N(CC(=O)N[C@@H](C)COc2ccccc2C)S(C)(=O)=O)c(OC)c1. The van der Waals surface area contributed by atoms with Crippen LogP contribution in [0, 0.1) is 6.92 Å². The van der Waals surface area contributed by atoms with E-state index >= 15 is 0 Å². The number of anilines is 1. The van der Waals surface area contributed by atoms with Crippen LogP contribution in [-0.2, 0) is 14.8 Å². The molecule has 0 saturated heterocycles. The predicted molar refractivity (Wildman–Crippen MR) is 116 cm³/mol. The zero-order valence-corrected chi connectivity index (χ0v) is 18.7. The number of ether oxygens (including phenoxy) is 3. The Labute approximate surface area is 177 Å². The van der Waals surface area contributed by atoms with Crippen molar-refractivity contribution in [2.45, 2.75) is 19.9 Å². The van der Waals surface area contributed by atoms with E-state index in [1.165, 1.54) is 20.3 Å². The second-order valence-corrected chi connectivity index (χ2v) is 8.76. The van der Waals surface area contributed by atoms with E-state index in [0.717, 1.165) is 21.9 Å². The number of aryl methyl sites for hydroxylation is 1. The lowest BCUT2D eigenvalue weighted by molar-refractivity contribution is -0.120. The van der Waals surface area contributed by atoms with Gasteiger partial charge in [0, 0.05) is 6.07 Å². The lowest BCUT2D eigenvalue weighted by Crippen LogP contribution is -2.45. The maximum atomic E-state index is 12.5. The minimum absolute atomic E-state index is 0.250. The number of carbonyl (C=O) groups excluding carboxylic acids is 1. The Morgan fingerprint density at radius 3 is 2.40 bits per heavy atom. The number of benzene rings is 2. The van der Waals surface area contributed by atoms with Crippen molar-refractivity contribution in [3.05, 3.63) is 48.0 Å². The third-order valence-corrected chi connectivity index (χ3v) is 5.46. The van der Waals surface area contributed by atoms with Crippen LogP contribution in [0.5, 0.6) is 17.2 Å². The lowest BCUT2D eigenvalue weighted by Gasteiger charge is -2.25. The van der Waals surface area contributed by atoms with Gasteiger partial charge in [-0.2, -0.15) is 0 Å². The molecule has 2 aromatic carbocycles. The number of nitrogens with zero attached hydrogens (tertiary/aromatic N) is 1. The van der Waals surface area contributed by atoms with Crippen molar-refractivity contribution >= 4 is 21.6 Å². The molecule has 8 nitrogen and oxygen atoms in total. The van der Waals surface area contributed by atoms with Crippen LogP contribution < -0.4 is 23.8 Å². The van der Waals surface area contributed by atoms with Crippen LogP contribution in [0.3, 0.4) is 0 Å². The number of hydrogen-bond acceptors (Lipinski definition) is 6. The van der Waals surface area contributed by atoms with Gasteiger partial charge in [0.15, 0.2) is 0 Å². The zero-order chi connectivity index (χ0) is 22.3. The number of para-hydroxylation sites is 1. The summed E-state index contributed by atoms with van der Waals surface area (Å²) in [6, 6.07) is 12.0. The molecule has 0 spiro atoms. The van der Waals surface area contributed by atoms with Gasteiger partial charge in [-0.25, -0.2) is 8.42 Å². The number of rotatable bonds is 10. The van der Waals surface area contributed by atoms with Gasteiger partial charge in [0.05, 0.1) is 32.2 Å². The summed E-state index contributed by atoms with van der Waals surface area (Å²) in [7, 11) is -0.824.